The number of nitrogens with zero attached hydrogens (tertiary/aromatic N) is 3. The number of rotatable bonds is 6. The lowest BCUT2D eigenvalue weighted by molar-refractivity contribution is 0.311. The van der Waals surface area contributed by atoms with Crippen LogP contribution in [0.2, 0.25) is 5.02 Å². The molecule has 0 saturated heterocycles. The maximum Gasteiger partial charge on any atom is 0.223 e. The largest absolute Gasteiger partial charge is 0.395 e. The van der Waals surface area contributed by atoms with Crippen LogP contribution in [0.4, 0.5) is 11.8 Å². The molecular formula is C17H23ClN6O. The smallest absolute Gasteiger partial charge is 0.223 e. The van der Waals surface area contributed by atoms with Gasteiger partial charge in [-0.2, -0.15) is 0 Å². The van der Waals surface area contributed by atoms with Gasteiger partial charge in [0.15, 0.2) is 0 Å². The second kappa shape index (κ2) is 8.42. The summed E-state index contributed by atoms with van der Waals surface area (Å²) in [6, 6.07) is 4.35. The van der Waals surface area contributed by atoms with Crippen LogP contribution >= 0.6 is 11.6 Å². The summed E-state index contributed by atoms with van der Waals surface area (Å²) in [5.41, 5.74) is 7.45. The van der Waals surface area contributed by atoms with Gasteiger partial charge in [-0.1, -0.05) is 11.6 Å². The number of aliphatic hydroxyl groups excluding tert-OH is 1. The predicted octanol–water partition coefficient (Wildman–Crippen LogP) is 2.28. The number of nitrogens with one attached hydrogen (secondary N) is 2. The monoisotopic (exact) mass is 362 g/mol. The highest BCUT2D eigenvalue weighted by atomic mass is 35.5. The van der Waals surface area contributed by atoms with Crippen molar-refractivity contribution >= 4 is 23.4 Å². The summed E-state index contributed by atoms with van der Waals surface area (Å²) in [5.74, 6) is 1.23. The number of pyridine rings is 1. The molecule has 25 heavy (non-hydrogen) atoms. The van der Waals surface area contributed by atoms with Crippen LogP contribution in [0.15, 0.2) is 24.5 Å². The molecule has 0 spiro atoms. The Hall–Kier alpha value is -1.96. The molecule has 0 atom stereocenters. The van der Waals surface area contributed by atoms with Crippen LogP contribution in [0.5, 0.6) is 0 Å². The van der Waals surface area contributed by atoms with Crippen LogP contribution in [0.3, 0.4) is 0 Å². The van der Waals surface area contributed by atoms with E-state index < -0.39 is 0 Å². The van der Waals surface area contributed by atoms with Gasteiger partial charge in [-0.15, -0.1) is 0 Å². The highest BCUT2D eigenvalue weighted by Crippen LogP contribution is 2.28. The lowest BCUT2D eigenvalue weighted by atomic mass is 9.92. The van der Waals surface area contributed by atoms with Gasteiger partial charge in [-0.3, -0.25) is 0 Å². The fraction of sp³-hybridized carbons (Fsp3) is 0.471. The molecule has 134 valence electrons. The number of halogens is 1. The zero-order valence-electron chi connectivity index (χ0n) is 14.0. The van der Waals surface area contributed by atoms with Gasteiger partial charge in [0.1, 0.15) is 5.82 Å². The second-order valence-corrected chi connectivity index (χ2v) is 6.63. The van der Waals surface area contributed by atoms with Gasteiger partial charge in [-0.05, 0) is 37.8 Å². The molecule has 0 bridgehead atoms. The van der Waals surface area contributed by atoms with Crippen molar-refractivity contribution in [1.29, 1.82) is 0 Å². The molecule has 0 unspecified atom stereocenters. The topological polar surface area (TPSA) is 109 Å². The molecule has 8 heteroatoms. The standard InChI is InChI=1S/C17H23ClN6O/c18-14-10-22-17(23-13-3-1-12(19)2-4-13)24-16(14)11-5-6-20-15(9-11)21-7-8-25/h5-6,9-10,12-13,25H,1-4,7-8,19H2,(H,20,21)(H,22,23,24). The van der Waals surface area contributed by atoms with Crippen molar-refractivity contribution in [1.82, 2.24) is 15.0 Å². The number of anilines is 2. The van der Waals surface area contributed by atoms with E-state index in [0.717, 1.165) is 31.2 Å². The highest BCUT2D eigenvalue weighted by Gasteiger charge is 2.19. The normalized spacial score (nSPS) is 20.3. The molecule has 1 fully saturated rings. The van der Waals surface area contributed by atoms with Gasteiger partial charge >= 0.3 is 0 Å². The van der Waals surface area contributed by atoms with Crippen LogP contribution in [-0.4, -0.2) is 45.3 Å². The number of aromatic nitrogens is 3. The summed E-state index contributed by atoms with van der Waals surface area (Å²) in [5, 5.41) is 15.8. The van der Waals surface area contributed by atoms with E-state index in [-0.39, 0.29) is 6.61 Å². The molecule has 5 N–H and O–H groups in total. The summed E-state index contributed by atoms with van der Waals surface area (Å²) >= 11 is 6.30. The Balaban J connectivity index is 1.77. The first-order chi connectivity index (χ1) is 12.2. The van der Waals surface area contributed by atoms with Crippen molar-refractivity contribution in [3.63, 3.8) is 0 Å². The van der Waals surface area contributed by atoms with Crippen molar-refractivity contribution in [2.75, 3.05) is 23.8 Å². The summed E-state index contributed by atoms with van der Waals surface area (Å²) in [6.07, 6.45) is 7.37. The molecule has 1 saturated carbocycles. The second-order valence-electron chi connectivity index (χ2n) is 6.23. The van der Waals surface area contributed by atoms with E-state index in [0.29, 0.717) is 41.1 Å². The van der Waals surface area contributed by atoms with Crippen LogP contribution in [0.1, 0.15) is 25.7 Å². The van der Waals surface area contributed by atoms with E-state index in [2.05, 4.69) is 25.6 Å². The number of hydrogen-bond donors (Lipinski definition) is 4. The maximum atomic E-state index is 8.92. The van der Waals surface area contributed by atoms with Gasteiger partial charge < -0.3 is 21.5 Å². The highest BCUT2D eigenvalue weighted by molar-refractivity contribution is 6.32. The van der Waals surface area contributed by atoms with Crippen molar-refractivity contribution in [3.8, 4) is 11.3 Å². The molecule has 2 aromatic rings. The first-order valence-electron chi connectivity index (χ1n) is 8.51. The van der Waals surface area contributed by atoms with Gasteiger partial charge in [0.25, 0.3) is 0 Å². The molecule has 3 rings (SSSR count). The first-order valence-corrected chi connectivity index (χ1v) is 8.89. The number of aliphatic hydroxyl groups is 1. The quantitative estimate of drug-likeness (QED) is 0.624. The van der Waals surface area contributed by atoms with Crippen molar-refractivity contribution in [2.24, 2.45) is 5.73 Å². The SMILES string of the molecule is NC1CCC(Nc2ncc(Cl)c(-c3ccnc(NCCO)c3)n2)CC1. The lowest BCUT2D eigenvalue weighted by Crippen LogP contribution is -2.33. The fourth-order valence-electron chi connectivity index (χ4n) is 2.94. The third-order valence-electron chi connectivity index (χ3n) is 4.30. The van der Waals surface area contributed by atoms with Crippen LogP contribution < -0.4 is 16.4 Å². The molecule has 0 aliphatic heterocycles. The minimum atomic E-state index is 0.0410. The lowest BCUT2D eigenvalue weighted by Gasteiger charge is -2.26. The summed E-state index contributed by atoms with van der Waals surface area (Å²) in [6.45, 7) is 0.476. The molecule has 7 nitrogen and oxygen atoms in total. The Morgan fingerprint density at radius 2 is 2.04 bits per heavy atom. The van der Waals surface area contributed by atoms with Crippen LogP contribution in [0.25, 0.3) is 11.3 Å². The van der Waals surface area contributed by atoms with Gasteiger partial charge in [0, 0.05) is 30.4 Å². The van der Waals surface area contributed by atoms with E-state index in [1.807, 2.05) is 12.1 Å². The Morgan fingerprint density at radius 1 is 1.24 bits per heavy atom. The third-order valence-corrected chi connectivity index (χ3v) is 4.58. The average molecular weight is 363 g/mol. The summed E-state index contributed by atoms with van der Waals surface area (Å²) < 4.78 is 0. The zero-order valence-corrected chi connectivity index (χ0v) is 14.7. The average Bonchev–Trinajstić information content (AvgIpc) is 2.64. The molecule has 1 aliphatic carbocycles. The van der Waals surface area contributed by atoms with E-state index in [9.17, 15) is 0 Å². The van der Waals surface area contributed by atoms with Gasteiger partial charge in [0.05, 0.1) is 23.5 Å². The van der Waals surface area contributed by atoms with Crippen molar-refractivity contribution < 1.29 is 5.11 Å². The molecule has 2 heterocycles. The molecule has 0 aromatic carbocycles. The number of hydrogen-bond acceptors (Lipinski definition) is 7. The third kappa shape index (κ3) is 4.78. The van der Waals surface area contributed by atoms with E-state index in [1.165, 1.54) is 0 Å². The number of nitrogens with two attached hydrogens (primary N) is 1. The van der Waals surface area contributed by atoms with Gasteiger partial charge in [0.2, 0.25) is 5.95 Å². The molecule has 2 aromatic heterocycles. The van der Waals surface area contributed by atoms with E-state index in [1.54, 1.807) is 12.4 Å². The summed E-state index contributed by atoms with van der Waals surface area (Å²) in [7, 11) is 0. The van der Waals surface area contributed by atoms with Crippen LogP contribution in [-0.2, 0) is 0 Å². The Morgan fingerprint density at radius 3 is 2.80 bits per heavy atom. The van der Waals surface area contributed by atoms with E-state index in [4.69, 9.17) is 22.4 Å². The van der Waals surface area contributed by atoms with E-state index >= 15 is 0 Å². The Kier molecular flexibility index (Phi) is 6.01. The Labute approximate surface area is 152 Å². The first kappa shape index (κ1) is 17.8. The minimum Gasteiger partial charge on any atom is -0.395 e. The van der Waals surface area contributed by atoms with Gasteiger partial charge in [-0.25, -0.2) is 15.0 Å². The van der Waals surface area contributed by atoms with Crippen molar-refractivity contribution in [2.45, 2.75) is 37.8 Å². The molecule has 1 aliphatic rings. The zero-order chi connectivity index (χ0) is 17.6. The Bertz CT molecular complexity index is 705. The predicted molar refractivity (Wildman–Crippen MR) is 99.7 cm³/mol. The fourth-order valence-corrected chi connectivity index (χ4v) is 3.14. The summed E-state index contributed by atoms with van der Waals surface area (Å²) in [4.78, 5) is 13.1. The molecular weight excluding hydrogens is 340 g/mol. The van der Waals surface area contributed by atoms with Crippen molar-refractivity contribution in [3.05, 3.63) is 29.5 Å². The molecule has 0 amide bonds. The minimum absolute atomic E-state index is 0.0410. The molecule has 0 radical (unpaired) electrons. The van der Waals surface area contributed by atoms with Crippen LogP contribution in [0, 0.1) is 0 Å². The maximum absolute atomic E-state index is 8.92.